The van der Waals surface area contributed by atoms with E-state index < -0.39 is 11.5 Å². The molecule has 6 nitrogen and oxygen atoms in total. The summed E-state index contributed by atoms with van der Waals surface area (Å²) in [4.78, 5) is 26.0. The molecule has 2 aromatic rings. The van der Waals surface area contributed by atoms with E-state index in [1.807, 2.05) is 0 Å². The second kappa shape index (κ2) is 4.21. The molecule has 0 aliphatic carbocycles. The van der Waals surface area contributed by atoms with Crippen molar-refractivity contribution < 1.29 is 9.90 Å². The van der Waals surface area contributed by atoms with Crippen LogP contribution in [-0.2, 0) is 6.54 Å². The second-order valence-electron chi connectivity index (χ2n) is 4.75. The zero-order valence-corrected chi connectivity index (χ0v) is 10.1. The van der Waals surface area contributed by atoms with Gasteiger partial charge in [0.1, 0.15) is 11.2 Å². The molecule has 0 saturated heterocycles. The molecule has 0 spiro atoms. The van der Waals surface area contributed by atoms with Crippen LogP contribution in [0.4, 0.5) is 0 Å². The van der Waals surface area contributed by atoms with E-state index in [0.29, 0.717) is 11.0 Å². The Labute approximate surface area is 103 Å². The highest BCUT2D eigenvalue weighted by Gasteiger charge is 2.22. The molecule has 0 aliphatic heterocycles. The topological polar surface area (TPSA) is 84.6 Å². The molecule has 0 amide bonds. The van der Waals surface area contributed by atoms with Crippen molar-refractivity contribution in [2.45, 2.75) is 25.9 Å². The molecule has 1 N–H and O–H groups in total. The smallest absolute Gasteiger partial charge is 0.337 e. The maximum Gasteiger partial charge on any atom is 0.337 e. The molecule has 2 rings (SSSR count). The first kappa shape index (κ1) is 12.2. The minimum absolute atomic E-state index is 0.180. The number of nitrogens with zero attached hydrogens (tertiary/aromatic N) is 3. The Hall–Kier alpha value is -2.24. The lowest BCUT2D eigenvalue weighted by molar-refractivity contribution is 0.0698. The van der Waals surface area contributed by atoms with Crippen molar-refractivity contribution >= 4 is 17.0 Å². The van der Waals surface area contributed by atoms with Gasteiger partial charge in [0.15, 0.2) is 0 Å². The van der Waals surface area contributed by atoms with Gasteiger partial charge in [-0.15, -0.1) is 0 Å². The molecule has 0 saturated carbocycles. The van der Waals surface area contributed by atoms with E-state index in [4.69, 9.17) is 5.11 Å². The van der Waals surface area contributed by atoms with Crippen LogP contribution < -0.4 is 0 Å². The first-order chi connectivity index (χ1) is 8.44. The van der Waals surface area contributed by atoms with Crippen molar-refractivity contribution in [3.63, 3.8) is 0 Å². The molecule has 18 heavy (non-hydrogen) atoms. The van der Waals surface area contributed by atoms with Crippen LogP contribution in [0.15, 0.2) is 29.7 Å². The van der Waals surface area contributed by atoms with E-state index in [9.17, 15) is 9.70 Å². The number of carboxylic acids is 1. The predicted octanol–water partition coefficient (Wildman–Crippen LogP) is 2.28. The van der Waals surface area contributed by atoms with Crippen molar-refractivity contribution in [1.29, 1.82) is 0 Å². The van der Waals surface area contributed by atoms with Crippen LogP contribution in [0, 0.1) is 4.91 Å². The molecule has 0 atom stereocenters. The average Bonchev–Trinajstić information content (AvgIpc) is 2.68. The monoisotopic (exact) mass is 247 g/mol. The predicted molar refractivity (Wildman–Crippen MR) is 66.6 cm³/mol. The first-order valence-electron chi connectivity index (χ1n) is 5.46. The molecule has 2 aromatic heterocycles. The van der Waals surface area contributed by atoms with E-state index in [2.05, 4.69) is 10.2 Å². The second-order valence-corrected chi connectivity index (χ2v) is 4.75. The Morgan fingerprint density at radius 2 is 2.28 bits per heavy atom. The normalized spacial score (nSPS) is 11.7. The standard InChI is InChI=1S/C12H13N3O3/c1-12(2,14-18)7-15-6-9(11(16)17)8-4-3-5-13-10(8)15/h3-6H,7H2,1-2H3,(H,16,17). The van der Waals surface area contributed by atoms with Gasteiger partial charge in [-0.1, -0.05) is 5.18 Å². The van der Waals surface area contributed by atoms with Gasteiger partial charge in [0.05, 0.1) is 12.1 Å². The summed E-state index contributed by atoms with van der Waals surface area (Å²) >= 11 is 0. The van der Waals surface area contributed by atoms with Crippen molar-refractivity contribution in [3.05, 3.63) is 35.0 Å². The number of carbonyl (C=O) groups is 1. The van der Waals surface area contributed by atoms with Crippen LogP contribution in [-0.4, -0.2) is 26.2 Å². The Morgan fingerprint density at radius 1 is 1.56 bits per heavy atom. The number of carboxylic acid groups (broad SMARTS) is 1. The van der Waals surface area contributed by atoms with Gasteiger partial charge in [-0.2, -0.15) is 4.91 Å². The average molecular weight is 247 g/mol. The first-order valence-corrected chi connectivity index (χ1v) is 5.46. The molecule has 0 fully saturated rings. The summed E-state index contributed by atoms with van der Waals surface area (Å²) < 4.78 is 1.65. The lowest BCUT2D eigenvalue weighted by atomic mass is 10.1. The minimum Gasteiger partial charge on any atom is -0.478 e. The van der Waals surface area contributed by atoms with Gasteiger partial charge < -0.3 is 9.67 Å². The van der Waals surface area contributed by atoms with E-state index in [-0.39, 0.29) is 12.1 Å². The summed E-state index contributed by atoms with van der Waals surface area (Å²) in [5, 5.41) is 12.7. The summed E-state index contributed by atoms with van der Waals surface area (Å²) in [6, 6.07) is 3.38. The molecular formula is C12H13N3O3. The Bertz CT molecular complexity index is 616. The lowest BCUT2D eigenvalue weighted by Gasteiger charge is -2.16. The van der Waals surface area contributed by atoms with Crippen molar-refractivity contribution in [2.75, 3.05) is 0 Å². The number of fused-ring (bicyclic) bond motifs is 1. The number of pyridine rings is 1. The molecule has 0 unspecified atom stereocenters. The number of hydrogen-bond acceptors (Lipinski definition) is 4. The van der Waals surface area contributed by atoms with Crippen LogP contribution in [0.25, 0.3) is 11.0 Å². The summed E-state index contributed by atoms with van der Waals surface area (Å²) in [6.07, 6.45) is 3.08. The van der Waals surface area contributed by atoms with Crippen molar-refractivity contribution in [2.24, 2.45) is 5.18 Å². The molecule has 94 valence electrons. The minimum atomic E-state index is -1.01. The van der Waals surface area contributed by atoms with E-state index >= 15 is 0 Å². The number of aromatic nitrogens is 2. The third-order valence-electron chi connectivity index (χ3n) is 2.67. The Kier molecular flexibility index (Phi) is 2.86. The van der Waals surface area contributed by atoms with Gasteiger partial charge in [-0.25, -0.2) is 9.78 Å². The molecule has 0 radical (unpaired) electrons. The fourth-order valence-electron chi connectivity index (χ4n) is 1.86. The number of rotatable bonds is 4. The highest BCUT2D eigenvalue weighted by molar-refractivity contribution is 6.02. The molecule has 0 aliphatic rings. The highest BCUT2D eigenvalue weighted by atomic mass is 16.4. The van der Waals surface area contributed by atoms with Crippen LogP contribution in [0.3, 0.4) is 0 Å². The maximum atomic E-state index is 11.1. The SMILES string of the molecule is CC(C)(Cn1cc(C(=O)O)c2cccnc21)N=O. The van der Waals surface area contributed by atoms with Gasteiger partial charge in [0, 0.05) is 17.8 Å². The van der Waals surface area contributed by atoms with E-state index in [0.717, 1.165) is 0 Å². The van der Waals surface area contributed by atoms with Crippen molar-refractivity contribution in [1.82, 2.24) is 9.55 Å². The molecule has 0 aromatic carbocycles. The maximum absolute atomic E-state index is 11.1. The number of hydrogen-bond donors (Lipinski definition) is 1. The fraction of sp³-hybridized carbons (Fsp3) is 0.333. The summed E-state index contributed by atoms with van der Waals surface area (Å²) in [7, 11) is 0. The fourth-order valence-corrected chi connectivity index (χ4v) is 1.86. The van der Waals surface area contributed by atoms with Gasteiger partial charge in [-0.05, 0) is 26.0 Å². The van der Waals surface area contributed by atoms with Crippen LogP contribution in [0.5, 0.6) is 0 Å². The van der Waals surface area contributed by atoms with E-state index in [1.54, 1.807) is 36.7 Å². The van der Waals surface area contributed by atoms with Crippen LogP contribution in [0.1, 0.15) is 24.2 Å². The Morgan fingerprint density at radius 3 is 2.89 bits per heavy atom. The zero-order valence-electron chi connectivity index (χ0n) is 10.1. The number of nitroso groups, excluding NO2 is 1. The van der Waals surface area contributed by atoms with Gasteiger partial charge in [0.25, 0.3) is 0 Å². The summed E-state index contributed by atoms with van der Waals surface area (Å²) in [6.45, 7) is 3.67. The third kappa shape index (κ3) is 2.09. The Balaban J connectivity index is 2.58. The molecular weight excluding hydrogens is 234 g/mol. The highest BCUT2D eigenvalue weighted by Crippen LogP contribution is 2.22. The van der Waals surface area contributed by atoms with Gasteiger partial charge >= 0.3 is 5.97 Å². The van der Waals surface area contributed by atoms with Crippen LogP contribution >= 0.6 is 0 Å². The van der Waals surface area contributed by atoms with E-state index in [1.165, 1.54) is 6.20 Å². The van der Waals surface area contributed by atoms with Gasteiger partial charge in [0.2, 0.25) is 0 Å². The molecule has 0 bridgehead atoms. The molecule has 2 heterocycles. The molecule has 6 heteroatoms. The van der Waals surface area contributed by atoms with Gasteiger partial charge in [-0.3, -0.25) is 0 Å². The van der Waals surface area contributed by atoms with Crippen LogP contribution in [0.2, 0.25) is 0 Å². The zero-order chi connectivity index (χ0) is 13.3. The largest absolute Gasteiger partial charge is 0.478 e. The lowest BCUT2D eigenvalue weighted by Crippen LogP contribution is -2.23. The third-order valence-corrected chi connectivity index (χ3v) is 2.67. The quantitative estimate of drug-likeness (QED) is 0.840. The number of aromatic carboxylic acids is 1. The summed E-state index contributed by atoms with van der Waals surface area (Å²) in [5.41, 5.74) is -0.0781. The van der Waals surface area contributed by atoms with Crippen molar-refractivity contribution in [3.8, 4) is 0 Å². The summed E-state index contributed by atoms with van der Waals surface area (Å²) in [5.74, 6) is -1.01.